The molecule has 0 amide bonds. The standard InChI is InChI=1S/C27H31N3.C26H29N3.2C25H27N3.8C2H6.3CH4.2Y/c1-7-30-22-15-11-10-14-20(22)23-17(2)24(27(28(3)4)29(5)6)25-19-13-9-8-12-18(19)16-21(25)26(23)30;1-6-29-21-14-10-9-13-19(21)24-23(26(27-3)28(4)5)16(2)22-18-12-8-7-11-17(18)15-20(22)25(24)29;1-6-28-22-15-11-10-14-19(22)23-17(2)20(25(26-3)27(4)5)16-21(24(23)28)18-12-8-7-9-13-18;1-6-28-21-15-11-10-14-19(21)23-22(25(26-3)27(4)5)17(2)16-20(24(23)28)18-12-8-7-9-13-18;8*1-2;;;;;/h8-15,27H,7,16H2,1-6H3;7-14,26-27H,6,15H2,1-5H3;2*7-12,14-15,25-26H,6H2,1-5H3;8*1-2H3;3*1H4;;/q;;2*-2;;;;;;;;;;;;;. The van der Waals surface area contributed by atoms with E-state index in [2.05, 4.69) is 386 Å². The Hall–Kier alpha value is -8.27. The van der Waals surface area contributed by atoms with Gasteiger partial charge in [-0.05, 0) is 235 Å². The van der Waals surface area contributed by atoms with Crippen LogP contribution in [0.3, 0.4) is 0 Å². The summed E-state index contributed by atoms with van der Waals surface area (Å²) in [4.78, 5) is 11.4. The van der Waals surface area contributed by atoms with Gasteiger partial charge in [0.1, 0.15) is 0 Å². The van der Waals surface area contributed by atoms with Crippen LogP contribution in [0.5, 0.6) is 0 Å². The van der Waals surface area contributed by atoms with Gasteiger partial charge >= 0.3 is 0 Å². The number of benzene rings is 12. The van der Waals surface area contributed by atoms with Crippen LogP contribution in [0, 0.1) is 52.0 Å². The summed E-state index contributed by atoms with van der Waals surface area (Å²) < 4.78 is 9.90. The second-order valence-electron chi connectivity index (χ2n) is 32.3. The quantitative estimate of drug-likeness (QED) is 0.0580. The summed E-state index contributed by atoms with van der Waals surface area (Å²) in [5.74, 6) is 0. The molecule has 14 heteroatoms. The van der Waals surface area contributed by atoms with Gasteiger partial charge in [-0.1, -0.05) is 296 Å². The molecule has 4 aromatic heterocycles. The molecule has 2 radical (unpaired) electrons. The summed E-state index contributed by atoms with van der Waals surface area (Å²) in [5, 5.41) is 21.3. The van der Waals surface area contributed by atoms with Crippen LogP contribution in [-0.4, -0.2) is 134 Å². The van der Waals surface area contributed by atoms with Gasteiger partial charge in [0.15, 0.2) is 0 Å². The van der Waals surface area contributed by atoms with Crippen molar-refractivity contribution in [2.75, 3.05) is 91.6 Å². The minimum atomic E-state index is 0. The molecule has 2 aliphatic carbocycles. The minimum Gasteiger partial charge on any atom is -0.390 e. The predicted octanol–water partition coefficient (Wildman–Crippen LogP) is 31.7. The Morgan fingerprint density at radius 2 is 0.618 bits per heavy atom. The molecular formula is C122H174N12Y2-4. The van der Waals surface area contributed by atoms with Crippen molar-refractivity contribution < 1.29 is 65.4 Å². The van der Waals surface area contributed by atoms with Crippen molar-refractivity contribution in [3.63, 3.8) is 0 Å². The molecular weight excluding hydrogens is 1810 g/mol. The van der Waals surface area contributed by atoms with Gasteiger partial charge in [0.05, 0.1) is 35.7 Å². The second-order valence-corrected chi connectivity index (χ2v) is 32.3. The maximum atomic E-state index is 3.78. The van der Waals surface area contributed by atoms with Crippen LogP contribution in [0.2, 0.25) is 0 Å². The summed E-state index contributed by atoms with van der Waals surface area (Å²) in [6, 6.07) is 83.9. The fourth-order valence-corrected chi connectivity index (χ4v) is 20.1. The topological polar surface area (TPSA) is 72.0 Å². The van der Waals surface area contributed by atoms with Crippen LogP contribution < -0.4 is 16.0 Å². The Balaban J connectivity index is 0.000000577. The van der Waals surface area contributed by atoms with Gasteiger partial charge in [-0.15, -0.1) is 28.8 Å². The second kappa shape index (κ2) is 59.3. The maximum absolute atomic E-state index is 3.78. The molecule has 12 nitrogen and oxygen atoms in total. The number of aryl methyl sites for hydroxylation is 7. The summed E-state index contributed by atoms with van der Waals surface area (Å²) in [7, 11) is 27.6. The van der Waals surface area contributed by atoms with Crippen molar-refractivity contribution in [3.05, 3.63) is 285 Å². The van der Waals surface area contributed by atoms with Gasteiger partial charge in [-0.25, -0.2) is 22.3 Å². The monoisotopic (exact) mass is 1990 g/mol. The average Bonchev–Trinajstić information content (AvgIpc) is 1.55. The van der Waals surface area contributed by atoms with E-state index >= 15 is 0 Å². The largest absolute Gasteiger partial charge is 0.390 e. The van der Waals surface area contributed by atoms with E-state index < -0.39 is 0 Å². The minimum absolute atomic E-state index is 0. The molecule has 16 aromatic rings. The molecule has 0 bridgehead atoms. The predicted molar refractivity (Wildman–Crippen MR) is 600 cm³/mol. The van der Waals surface area contributed by atoms with Crippen LogP contribution >= 0.6 is 0 Å². The first kappa shape index (κ1) is 124. The zero-order valence-corrected chi connectivity index (χ0v) is 94.4. The van der Waals surface area contributed by atoms with Crippen LogP contribution in [0.15, 0.2) is 194 Å². The van der Waals surface area contributed by atoms with E-state index in [4.69, 9.17) is 0 Å². The average molecular weight is 1990 g/mol. The Morgan fingerprint density at radius 1 is 0.316 bits per heavy atom. The summed E-state index contributed by atoms with van der Waals surface area (Å²) in [6.07, 6.45) is 2.62. The van der Waals surface area contributed by atoms with E-state index in [1.165, 1.54) is 176 Å². The number of fused-ring (bicyclic) bond motifs is 20. The molecule has 0 aliphatic heterocycles. The number of nitrogens with one attached hydrogen (secondary N) is 3. The van der Waals surface area contributed by atoms with Crippen LogP contribution in [0.4, 0.5) is 0 Å². The first-order valence-corrected chi connectivity index (χ1v) is 49.2. The molecule has 0 spiro atoms. The SMILES string of the molecule is C.C.C.CC.CC.CC.CC.CC.CC.CC.CC.CCn1c2ccccc2c2c(C(NC)N(C)C)c(C)[c-]c(-c3[c-]cccc3)c21.CCn1c2ccccc2c2c(C(NC)N(C)C)c(C)c3c(c21)Cc1ccccc1-3.CCn1c2ccccc2c2c(C)c(C(N(C)C)N(C)C)c3c(c21)Cc1ccccc1-3.CCn1c2ccccc2c2c(C)c(C(NC)N(C)C)[c-]c(-c3[c-]cccc3)c21.[Y].[Y]. The smallest absolute Gasteiger partial charge is 0.0885 e. The summed E-state index contributed by atoms with van der Waals surface area (Å²) >= 11 is 0. The van der Waals surface area contributed by atoms with Gasteiger partial charge in [0.2, 0.25) is 0 Å². The van der Waals surface area contributed by atoms with Gasteiger partial charge in [-0.3, -0.25) is 24.5 Å². The molecule has 0 saturated heterocycles. The van der Waals surface area contributed by atoms with Gasteiger partial charge in [0.25, 0.3) is 0 Å². The Kier molecular flexibility index (Phi) is 54.0. The Morgan fingerprint density at radius 3 is 0.978 bits per heavy atom. The van der Waals surface area contributed by atoms with Crippen molar-refractivity contribution in [2.24, 2.45) is 0 Å². The molecule has 12 aromatic carbocycles. The van der Waals surface area contributed by atoms with E-state index in [1.807, 2.05) is 149 Å². The molecule has 3 N–H and O–H groups in total. The fraction of sp³-hybridized carbons (Fsp3) is 0.410. The number of hydrogen-bond acceptors (Lipinski definition) is 8. The first-order chi connectivity index (χ1) is 63.7. The van der Waals surface area contributed by atoms with Crippen molar-refractivity contribution in [2.45, 2.75) is 252 Å². The van der Waals surface area contributed by atoms with E-state index in [1.54, 1.807) is 0 Å². The van der Waals surface area contributed by atoms with Crippen molar-refractivity contribution >= 4 is 87.2 Å². The summed E-state index contributed by atoms with van der Waals surface area (Å²) in [5.41, 5.74) is 37.2. The third-order valence-corrected chi connectivity index (χ3v) is 24.6. The molecule has 732 valence electrons. The first-order valence-electron chi connectivity index (χ1n) is 49.2. The van der Waals surface area contributed by atoms with Crippen molar-refractivity contribution in [1.29, 1.82) is 0 Å². The maximum Gasteiger partial charge on any atom is 0.0885 e. The Bertz CT molecular complexity index is 6310. The third-order valence-electron chi connectivity index (χ3n) is 24.6. The normalized spacial score (nSPS) is 11.6. The fourth-order valence-electron chi connectivity index (χ4n) is 20.1. The van der Waals surface area contributed by atoms with E-state index in [9.17, 15) is 0 Å². The number of nitrogens with zero attached hydrogens (tertiary/aromatic N) is 9. The number of rotatable bonds is 18. The van der Waals surface area contributed by atoms with Crippen LogP contribution in [0.25, 0.3) is 132 Å². The van der Waals surface area contributed by atoms with Crippen molar-refractivity contribution in [3.8, 4) is 44.5 Å². The molecule has 3 atom stereocenters. The van der Waals surface area contributed by atoms with Crippen molar-refractivity contribution in [1.82, 2.24) is 58.7 Å². The molecule has 18 rings (SSSR count). The zero-order valence-electron chi connectivity index (χ0n) is 88.7. The van der Waals surface area contributed by atoms with Crippen LogP contribution in [-0.2, 0) is 104 Å². The van der Waals surface area contributed by atoms with Gasteiger partial charge in [-0.2, -0.15) is 60.7 Å². The van der Waals surface area contributed by atoms with Gasteiger partial charge in [0, 0.05) is 148 Å². The van der Waals surface area contributed by atoms with Gasteiger partial charge < -0.3 is 34.2 Å². The molecule has 0 saturated carbocycles. The molecule has 136 heavy (non-hydrogen) atoms. The third kappa shape index (κ3) is 24.3. The zero-order chi connectivity index (χ0) is 97.1. The number of hydrogen-bond donors (Lipinski definition) is 3. The van der Waals surface area contributed by atoms with E-state index in [-0.39, 0.29) is 112 Å². The van der Waals surface area contributed by atoms with Crippen LogP contribution in [0.1, 0.15) is 252 Å². The molecule has 2 aliphatic rings. The number of aromatic nitrogens is 4. The van der Waals surface area contributed by atoms with E-state index in [0.717, 1.165) is 61.3 Å². The molecule has 0 fully saturated rings. The molecule has 4 heterocycles. The molecule has 3 unspecified atom stereocenters. The summed E-state index contributed by atoms with van der Waals surface area (Å²) in [6.45, 7) is 53.8. The Labute approximate surface area is 876 Å². The number of para-hydroxylation sites is 4. The van der Waals surface area contributed by atoms with E-state index in [0.29, 0.717) is 0 Å².